The minimum atomic E-state index is -0.150. The largest absolute Gasteiger partial charge is 0.274 e. The molecule has 130 valence electrons. The highest BCUT2D eigenvalue weighted by molar-refractivity contribution is 6.30. The van der Waals surface area contributed by atoms with Crippen LogP contribution in [-0.2, 0) is 16.1 Å². The lowest BCUT2D eigenvalue weighted by Crippen LogP contribution is -2.31. The highest BCUT2D eigenvalue weighted by Gasteiger charge is 2.49. The first-order valence-electron chi connectivity index (χ1n) is 8.71. The van der Waals surface area contributed by atoms with Crippen molar-refractivity contribution in [3.63, 3.8) is 0 Å². The summed E-state index contributed by atoms with van der Waals surface area (Å²) in [5.74, 6) is -0.00140. The molecule has 1 aromatic heterocycles. The summed E-state index contributed by atoms with van der Waals surface area (Å²) in [6.45, 7) is 2.51. The topological polar surface area (TPSA) is 55.2 Å². The van der Waals surface area contributed by atoms with Crippen LogP contribution in [-0.4, -0.2) is 21.6 Å². The number of rotatable bonds is 3. The maximum absolute atomic E-state index is 12.7. The third-order valence-corrected chi connectivity index (χ3v) is 5.54. The third kappa shape index (κ3) is 2.86. The Kier molecular flexibility index (Phi) is 4.12. The van der Waals surface area contributed by atoms with Crippen LogP contribution in [0.1, 0.15) is 36.9 Å². The van der Waals surface area contributed by atoms with Gasteiger partial charge in [0.15, 0.2) is 5.82 Å². The Balaban J connectivity index is 1.60. The zero-order valence-corrected chi connectivity index (χ0v) is 14.9. The minimum Gasteiger partial charge on any atom is -0.274 e. The van der Waals surface area contributed by atoms with Crippen LogP contribution in [0.25, 0.3) is 0 Å². The lowest BCUT2D eigenvalue weighted by Gasteiger charge is -2.19. The maximum Gasteiger partial charge on any atom is 0.238 e. The molecular weight excluding hydrogens is 338 g/mol. The van der Waals surface area contributed by atoms with E-state index in [1.807, 2.05) is 41.9 Å². The quantitative estimate of drug-likeness (QED) is 0.789. The Morgan fingerprint density at radius 2 is 1.68 bits per heavy atom. The van der Waals surface area contributed by atoms with E-state index in [0.717, 1.165) is 36.9 Å². The number of carbonyl (C=O) groups is 2. The van der Waals surface area contributed by atoms with Crippen molar-refractivity contribution >= 4 is 29.2 Å². The molecule has 6 heteroatoms. The van der Waals surface area contributed by atoms with Crippen molar-refractivity contribution in [2.45, 2.75) is 39.2 Å². The molecule has 0 N–H and O–H groups in total. The van der Waals surface area contributed by atoms with E-state index >= 15 is 0 Å². The zero-order chi connectivity index (χ0) is 17.6. The molecule has 2 heterocycles. The molecule has 1 aliphatic carbocycles. The van der Waals surface area contributed by atoms with Crippen LogP contribution in [0.2, 0.25) is 5.02 Å². The van der Waals surface area contributed by atoms with Crippen LogP contribution in [0, 0.1) is 18.8 Å². The van der Waals surface area contributed by atoms with Crippen LogP contribution < -0.4 is 4.90 Å². The van der Waals surface area contributed by atoms with Crippen LogP contribution >= 0.6 is 11.6 Å². The number of hydrogen-bond donors (Lipinski definition) is 0. The second kappa shape index (κ2) is 6.30. The summed E-state index contributed by atoms with van der Waals surface area (Å²) in [5.41, 5.74) is 1.98. The summed E-state index contributed by atoms with van der Waals surface area (Å²) in [4.78, 5) is 26.7. The van der Waals surface area contributed by atoms with Crippen LogP contribution in [0.3, 0.4) is 0 Å². The van der Waals surface area contributed by atoms with Gasteiger partial charge < -0.3 is 0 Å². The molecule has 0 radical (unpaired) electrons. The molecule has 0 unspecified atom stereocenters. The van der Waals surface area contributed by atoms with Crippen molar-refractivity contribution < 1.29 is 9.59 Å². The maximum atomic E-state index is 12.7. The summed E-state index contributed by atoms with van der Waals surface area (Å²) in [6, 6.07) is 9.40. The molecular formula is C19H20ClN3O2. The predicted molar refractivity (Wildman–Crippen MR) is 95.5 cm³/mol. The molecule has 1 aliphatic heterocycles. The number of fused-ring (bicyclic) bond motifs is 1. The van der Waals surface area contributed by atoms with E-state index < -0.39 is 0 Å². The lowest BCUT2D eigenvalue weighted by molar-refractivity contribution is -0.122. The standard InChI is InChI=1S/C19H20ClN3O2/c1-12-10-17(21-22(12)11-13-6-8-14(20)9-7-13)23-18(24)15-4-2-3-5-16(15)19(23)25/h6-10,15-16H,2-5,11H2,1H3/t15-,16+. The van der Waals surface area contributed by atoms with Crippen LogP contribution in [0.15, 0.2) is 30.3 Å². The predicted octanol–water partition coefficient (Wildman–Crippen LogP) is 3.57. The molecule has 2 atom stereocenters. The van der Waals surface area contributed by atoms with Gasteiger partial charge in [-0.2, -0.15) is 5.10 Å². The number of hydrogen-bond acceptors (Lipinski definition) is 3. The molecule has 1 saturated heterocycles. The molecule has 25 heavy (non-hydrogen) atoms. The van der Waals surface area contributed by atoms with Crippen molar-refractivity contribution in [2.24, 2.45) is 11.8 Å². The Morgan fingerprint density at radius 1 is 1.08 bits per heavy atom. The minimum absolute atomic E-state index is 0.0779. The molecule has 2 fully saturated rings. The molecule has 2 aliphatic rings. The van der Waals surface area contributed by atoms with Crippen molar-refractivity contribution in [3.05, 3.63) is 46.6 Å². The summed E-state index contributed by atoms with van der Waals surface area (Å²) >= 11 is 5.92. The molecule has 2 aromatic rings. The molecule has 2 amide bonds. The highest BCUT2D eigenvalue weighted by atomic mass is 35.5. The fraction of sp³-hybridized carbons (Fsp3) is 0.421. The molecule has 0 bridgehead atoms. The van der Waals surface area contributed by atoms with Crippen molar-refractivity contribution in [1.29, 1.82) is 0 Å². The van der Waals surface area contributed by atoms with E-state index in [1.54, 1.807) is 0 Å². The van der Waals surface area contributed by atoms with Gasteiger partial charge in [0.2, 0.25) is 11.8 Å². The Bertz CT molecular complexity index is 804. The molecule has 4 rings (SSSR count). The first-order valence-corrected chi connectivity index (χ1v) is 9.09. The fourth-order valence-electron chi connectivity index (χ4n) is 3.91. The van der Waals surface area contributed by atoms with Gasteiger partial charge in [-0.1, -0.05) is 36.6 Å². The van der Waals surface area contributed by atoms with Gasteiger partial charge in [0.05, 0.1) is 18.4 Å². The van der Waals surface area contributed by atoms with E-state index in [-0.39, 0.29) is 23.7 Å². The van der Waals surface area contributed by atoms with E-state index in [0.29, 0.717) is 17.4 Å². The van der Waals surface area contributed by atoms with Gasteiger partial charge in [0.1, 0.15) is 0 Å². The molecule has 5 nitrogen and oxygen atoms in total. The van der Waals surface area contributed by atoms with E-state index in [4.69, 9.17) is 11.6 Å². The van der Waals surface area contributed by atoms with E-state index in [2.05, 4.69) is 5.10 Å². The van der Waals surface area contributed by atoms with Gasteiger partial charge in [-0.15, -0.1) is 0 Å². The van der Waals surface area contributed by atoms with Crippen molar-refractivity contribution in [2.75, 3.05) is 4.90 Å². The summed E-state index contributed by atoms with van der Waals surface area (Å²) < 4.78 is 1.82. The zero-order valence-electron chi connectivity index (χ0n) is 14.1. The summed E-state index contributed by atoms with van der Waals surface area (Å²) in [7, 11) is 0. The first-order chi connectivity index (χ1) is 12.0. The number of imide groups is 1. The molecule has 0 spiro atoms. The number of aryl methyl sites for hydroxylation is 1. The number of anilines is 1. The highest BCUT2D eigenvalue weighted by Crippen LogP contribution is 2.39. The lowest BCUT2D eigenvalue weighted by atomic mass is 9.81. The first kappa shape index (κ1) is 16.3. The second-order valence-electron chi connectivity index (χ2n) is 6.94. The Morgan fingerprint density at radius 3 is 2.28 bits per heavy atom. The van der Waals surface area contributed by atoms with Gasteiger partial charge in [-0.05, 0) is 37.5 Å². The van der Waals surface area contributed by atoms with Crippen molar-refractivity contribution in [3.8, 4) is 0 Å². The molecule has 1 aromatic carbocycles. The number of amides is 2. The van der Waals surface area contributed by atoms with Crippen LogP contribution in [0.4, 0.5) is 5.82 Å². The average Bonchev–Trinajstić information content (AvgIpc) is 3.08. The normalized spacial score (nSPS) is 23.2. The van der Waals surface area contributed by atoms with Crippen molar-refractivity contribution in [1.82, 2.24) is 9.78 Å². The number of aromatic nitrogens is 2. The second-order valence-corrected chi connectivity index (χ2v) is 7.37. The number of carbonyl (C=O) groups excluding carboxylic acids is 2. The fourth-order valence-corrected chi connectivity index (χ4v) is 4.04. The third-order valence-electron chi connectivity index (χ3n) is 5.28. The smallest absolute Gasteiger partial charge is 0.238 e. The number of nitrogens with zero attached hydrogens (tertiary/aromatic N) is 3. The number of halogens is 1. The van der Waals surface area contributed by atoms with Gasteiger partial charge >= 0.3 is 0 Å². The monoisotopic (exact) mass is 357 g/mol. The van der Waals surface area contributed by atoms with Crippen LogP contribution in [0.5, 0.6) is 0 Å². The summed E-state index contributed by atoms with van der Waals surface area (Å²) in [5, 5.41) is 5.23. The van der Waals surface area contributed by atoms with E-state index in [9.17, 15) is 9.59 Å². The van der Waals surface area contributed by atoms with Gasteiger partial charge in [0, 0.05) is 16.8 Å². The SMILES string of the molecule is Cc1cc(N2C(=O)[C@H]3CCCC[C@H]3C2=O)nn1Cc1ccc(Cl)cc1. The molecule has 1 saturated carbocycles. The van der Waals surface area contributed by atoms with Gasteiger partial charge in [-0.3, -0.25) is 14.3 Å². The number of benzene rings is 1. The van der Waals surface area contributed by atoms with Gasteiger partial charge in [0.25, 0.3) is 0 Å². The van der Waals surface area contributed by atoms with E-state index in [1.165, 1.54) is 4.90 Å². The summed E-state index contributed by atoms with van der Waals surface area (Å²) in [6.07, 6.45) is 3.68. The Hall–Kier alpha value is -2.14. The average molecular weight is 358 g/mol. The van der Waals surface area contributed by atoms with Gasteiger partial charge in [-0.25, -0.2) is 4.90 Å². The Labute approximate surface area is 151 Å².